The molecule has 0 aliphatic carbocycles. The highest BCUT2D eigenvalue weighted by Crippen LogP contribution is 2.23. The van der Waals surface area contributed by atoms with Crippen molar-refractivity contribution in [2.45, 2.75) is 38.8 Å². The highest BCUT2D eigenvalue weighted by atomic mass is 16.2. The minimum Gasteiger partial charge on any atom is -0.373 e. The SMILES string of the molecule is CCc1nc2n(n1)CCC[C@H]2NC(=O)NCCN(C)c1ccccc1. The van der Waals surface area contributed by atoms with Crippen LogP contribution in [0, 0.1) is 0 Å². The Bertz CT molecular complexity index is 699. The van der Waals surface area contributed by atoms with Gasteiger partial charge in [-0.1, -0.05) is 25.1 Å². The smallest absolute Gasteiger partial charge is 0.315 e. The average Bonchev–Trinajstić information content (AvgIpc) is 3.07. The molecule has 1 aliphatic rings. The molecule has 25 heavy (non-hydrogen) atoms. The van der Waals surface area contributed by atoms with Crippen molar-refractivity contribution in [2.24, 2.45) is 0 Å². The molecule has 0 fully saturated rings. The van der Waals surface area contributed by atoms with Crippen molar-refractivity contribution >= 4 is 11.7 Å². The van der Waals surface area contributed by atoms with Crippen LogP contribution in [0.1, 0.15) is 37.5 Å². The van der Waals surface area contributed by atoms with Crippen molar-refractivity contribution in [1.82, 2.24) is 25.4 Å². The van der Waals surface area contributed by atoms with Crippen molar-refractivity contribution in [3.63, 3.8) is 0 Å². The number of hydrogen-bond donors (Lipinski definition) is 2. The lowest BCUT2D eigenvalue weighted by atomic mass is 10.1. The maximum absolute atomic E-state index is 12.2. The van der Waals surface area contributed by atoms with Gasteiger partial charge in [-0.25, -0.2) is 14.5 Å². The molecule has 0 saturated carbocycles. The van der Waals surface area contributed by atoms with Gasteiger partial charge in [0.25, 0.3) is 0 Å². The van der Waals surface area contributed by atoms with Gasteiger partial charge in [0, 0.05) is 38.8 Å². The Morgan fingerprint density at radius 3 is 2.92 bits per heavy atom. The monoisotopic (exact) mass is 342 g/mol. The second-order valence-electron chi connectivity index (χ2n) is 6.32. The number of nitrogens with one attached hydrogen (secondary N) is 2. The number of carbonyl (C=O) groups excluding carboxylic acids is 1. The summed E-state index contributed by atoms with van der Waals surface area (Å²) in [4.78, 5) is 18.9. The summed E-state index contributed by atoms with van der Waals surface area (Å²) < 4.78 is 1.93. The summed E-state index contributed by atoms with van der Waals surface area (Å²) in [5.74, 6) is 1.72. The molecule has 7 nitrogen and oxygen atoms in total. The Morgan fingerprint density at radius 2 is 2.16 bits per heavy atom. The number of benzene rings is 1. The number of para-hydroxylation sites is 1. The average molecular weight is 342 g/mol. The van der Waals surface area contributed by atoms with Gasteiger partial charge in [0.05, 0.1) is 6.04 Å². The number of likely N-dealkylation sites (N-methyl/N-ethyl adjacent to an activating group) is 1. The summed E-state index contributed by atoms with van der Waals surface area (Å²) in [6.07, 6.45) is 2.71. The van der Waals surface area contributed by atoms with Crippen LogP contribution in [0.25, 0.3) is 0 Å². The number of urea groups is 1. The summed E-state index contributed by atoms with van der Waals surface area (Å²) in [5.41, 5.74) is 1.14. The van der Waals surface area contributed by atoms with Crippen LogP contribution in [0.3, 0.4) is 0 Å². The van der Waals surface area contributed by atoms with Gasteiger partial charge in [-0.3, -0.25) is 0 Å². The van der Waals surface area contributed by atoms with Crippen LogP contribution < -0.4 is 15.5 Å². The van der Waals surface area contributed by atoms with E-state index in [1.54, 1.807) is 0 Å². The van der Waals surface area contributed by atoms with E-state index in [4.69, 9.17) is 0 Å². The predicted octanol–water partition coefficient (Wildman–Crippen LogP) is 2.11. The lowest BCUT2D eigenvalue weighted by molar-refractivity contribution is 0.233. The second-order valence-corrected chi connectivity index (χ2v) is 6.32. The van der Waals surface area contributed by atoms with E-state index in [2.05, 4.69) is 37.7 Å². The molecule has 2 aromatic rings. The quantitative estimate of drug-likeness (QED) is 0.843. The zero-order valence-corrected chi connectivity index (χ0v) is 14.9. The number of aromatic nitrogens is 3. The Morgan fingerprint density at radius 1 is 1.36 bits per heavy atom. The molecule has 7 heteroatoms. The molecule has 2 heterocycles. The number of carbonyl (C=O) groups is 1. The molecule has 0 spiro atoms. The van der Waals surface area contributed by atoms with E-state index in [-0.39, 0.29) is 12.1 Å². The normalized spacial score (nSPS) is 16.2. The molecule has 2 amide bonds. The number of nitrogens with zero attached hydrogens (tertiary/aromatic N) is 4. The minimum absolute atomic E-state index is 0.0617. The molecule has 134 valence electrons. The van der Waals surface area contributed by atoms with Gasteiger partial charge >= 0.3 is 6.03 Å². The van der Waals surface area contributed by atoms with Crippen LogP contribution in [-0.4, -0.2) is 40.9 Å². The number of hydrogen-bond acceptors (Lipinski definition) is 4. The Hall–Kier alpha value is -2.57. The van der Waals surface area contributed by atoms with Gasteiger partial charge in [-0.05, 0) is 25.0 Å². The lowest BCUT2D eigenvalue weighted by Gasteiger charge is -2.24. The third-order valence-electron chi connectivity index (χ3n) is 4.47. The van der Waals surface area contributed by atoms with Gasteiger partial charge in [0.15, 0.2) is 5.82 Å². The number of rotatable bonds is 6. The molecule has 1 atom stereocenters. The molecule has 1 aromatic heterocycles. The zero-order valence-electron chi connectivity index (χ0n) is 14.9. The van der Waals surface area contributed by atoms with Crippen LogP contribution in [-0.2, 0) is 13.0 Å². The topological polar surface area (TPSA) is 75.1 Å². The summed E-state index contributed by atoms with van der Waals surface area (Å²) in [6, 6.07) is 9.91. The fourth-order valence-corrected chi connectivity index (χ4v) is 3.04. The van der Waals surface area contributed by atoms with Crippen molar-refractivity contribution in [1.29, 1.82) is 0 Å². The van der Waals surface area contributed by atoms with Crippen molar-refractivity contribution in [3.05, 3.63) is 42.0 Å². The Kier molecular flexibility index (Phi) is 5.53. The molecule has 0 bridgehead atoms. The first-order chi connectivity index (χ1) is 12.2. The number of aryl methyl sites for hydroxylation is 2. The highest BCUT2D eigenvalue weighted by molar-refractivity contribution is 5.74. The first-order valence-electron chi connectivity index (χ1n) is 8.91. The van der Waals surface area contributed by atoms with E-state index in [0.717, 1.165) is 49.7 Å². The first kappa shape index (κ1) is 17.3. The van der Waals surface area contributed by atoms with Crippen LogP contribution in [0.15, 0.2) is 30.3 Å². The van der Waals surface area contributed by atoms with Gasteiger partial charge < -0.3 is 15.5 Å². The van der Waals surface area contributed by atoms with Crippen molar-refractivity contribution in [2.75, 3.05) is 25.0 Å². The molecule has 0 unspecified atom stereocenters. The van der Waals surface area contributed by atoms with Crippen molar-refractivity contribution < 1.29 is 4.79 Å². The number of anilines is 1. The predicted molar refractivity (Wildman–Crippen MR) is 97.6 cm³/mol. The minimum atomic E-state index is -0.152. The van der Waals surface area contributed by atoms with E-state index in [0.29, 0.717) is 6.54 Å². The Balaban J connectivity index is 1.48. The van der Waals surface area contributed by atoms with Gasteiger partial charge in [0.1, 0.15) is 5.82 Å². The van der Waals surface area contributed by atoms with E-state index in [1.165, 1.54) is 0 Å². The van der Waals surface area contributed by atoms with Crippen molar-refractivity contribution in [3.8, 4) is 0 Å². The molecule has 2 N–H and O–H groups in total. The van der Waals surface area contributed by atoms with Gasteiger partial charge in [-0.2, -0.15) is 5.10 Å². The van der Waals surface area contributed by atoms with Gasteiger partial charge in [0.2, 0.25) is 0 Å². The first-order valence-corrected chi connectivity index (χ1v) is 8.91. The largest absolute Gasteiger partial charge is 0.373 e. The van der Waals surface area contributed by atoms with Crippen LogP contribution in [0.4, 0.5) is 10.5 Å². The highest BCUT2D eigenvalue weighted by Gasteiger charge is 2.25. The maximum atomic E-state index is 12.2. The molecule has 0 radical (unpaired) electrons. The summed E-state index contributed by atoms with van der Waals surface area (Å²) in [6.45, 7) is 4.25. The number of fused-ring (bicyclic) bond motifs is 1. The molecular weight excluding hydrogens is 316 g/mol. The zero-order chi connectivity index (χ0) is 17.6. The van der Waals surface area contributed by atoms with Gasteiger partial charge in [-0.15, -0.1) is 0 Å². The molecule has 0 saturated heterocycles. The molecular formula is C18H26N6O. The molecule has 1 aromatic carbocycles. The molecule has 1 aliphatic heterocycles. The van der Waals surface area contributed by atoms with E-state index < -0.39 is 0 Å². The maximum Gasteiger partial charge on any atom is 0.315 e. The molecule has 3 rings (SSSR count). The van der Waals surface area contributed by atoms with E-state index in [9.17, 15) is 4.79 Å². The van der Waals surface area contributed by atoms with Crippen LogP contribution >= 0.6 is 0 Å². The fraction of sp³-hybridized carbons (Fsp3) is 0.500. The lowest BCUT2D eigenvalue weighted by Crippen LogP contribution is -2.42. The number of amides is 2. The second kappa shape index (κ2) is 8.00. The van der Waals surface area contributed by atoms with E-state index in [1.807, 2.05) is 36.9 Å². The standard InChI is InChI=1S/C18H26N6O/c1-3-16-21-17-15(10-7-12-24(17)22-16)20-18(25)19-11-13-23(2)14-8-5-4-6-9-14/h4-6,8-9,15H,3,7,10-13H2,1-2H3,(H2,19,20,25)/t15-/m1/s1. The summed E-state index contributed by atoms with van der Waals surface area (Å²) in [5, 5.41) is 10.4. The fourth-order valence-electron chi connectivity index (χ4n) is 3.04. The summed E-state index contributed by atoms with van der Waals surface area (Å²) in [7, 11) is 2.02. The Labute approximate surface area is 148 Å². The van der Waals surface area contributed by atoms with E-state index >= 15 is 0 Å². The summed E-state index contributed by atoms with van der Waals surface area (Å²) >= 11 is 0. The third-order valence-corrected chi connectivity index (χ3v) is 4.47. The van der Waals surface area contributed by atoms with Crippen LogP contribution in [0.2, 0.25) is 0 Å². The van der Waals surface area contributed by atoms with Crippen LogP contribution in [0.5, 0.6) is 0 Å². The third kappa shape index (κ3) is 4.29.